The summed E-state index contributed by atoms with van der Waals surface area (Å²) < 4.78 is 48.9. The summed E-state index contributed by atoms with van der Waals surface area (Å²) in [5.74, 6) is 1.23. The van der Waals surface area contributed by atoms with Crippen molar-refractivity contribution < 1.29 is 27.4 Å². The first-order valence-electron chi connectivity index (χ1n) is 9.74. The Morgan fingerprint density at radius 3 is 2.07 bits per heavy atom. The Morgan fingerprint density at radius 1 is 0.967 bits per heavy atom. The van der Waals surface area contributed by atoms with Gasteiger partial charge in [0, 0.05) is 32.7 Å². The van der Waals surface area contributed by atoms with Gasteiger partial charge in [-0.25, -0.2) is 0 Å². The van der Waals surface area contributed by atoms with Crippen molar-refractivity contribution in [2.24, 2.45) is 0 Å². The fraction of sp³-hybridized carbons (Fsp3) is 0.409. The predicted octanol–water partition coefficient (Wildman–Crippen LogP) is 3.83. The number of carbonyl (C=O) groups is 1. The Kier molecular flexibility index (Phi) is 6.87. The van der Waals surface area contributed by atoms with Gasteiger partial charge >= 0.3 is 6.18 Å². The quantitative estimate of drug-likeness (QED) is 0.710. The molecule has 2 aromatic carbocycles. The molecule has 1 saturated heterocycles. The summed E-state index contributed by atoms with van der Waals surface area (Å²) in [6, 6.07) is 12.3. The monoisotopic (exact) mass is 422 g/mol. The van der Waals surface area contributed by atoms with Crippen LogP contribution >= 0.6 is 0 Å². The zero-order chi connectivity index (χ0) is 21.7. The molecule has 3 rings (SSSR count). The van der Waals surface area contributed by atoms with Gasteiger partial charge in [0.05, 0.1) is 12.7 Å². The van der Waals surface area contributed by atoms with E-state index in [1.165, 1.54) is 12.1 Å². The number of carbonyl (C=O) groups excluding carboxylic acids is 1. The van der Waals surface area contributed by atoms with Crippen molar-refractivity contribution in [3.8, 4) is 11.5 Å². The largest absolute Gasteiger partial charge is 0.497 e. The van der Waals surface area contributed by atoms with Crippen LogP contribution in [0.25, 0.3) is 0 Å². The number of methoxy groups -OCH3 is 1. The van der Waals surface area contributed by atoms with Crippen molar-refractivity contribution in [2.75, 3.05) is 33.3 Å². The van der Waals surface area contributed by atoms with Crippen LogP contribution in [-0.2, 0) is 17.5 Å². The van der Waals surface area contributed by atoms with E-state index in [1.54, 1.807) is 43.2 Å². The Morgan fingerprint density at radius 2 is 1.53 bits per heavy atom. The number of hydrogen-bond donors (Lipinski definition) is 0. The summed E-state index contributed by atoms with van der Waals surface area (Å²) in [6.07, 6.45) is -4.94. The molecule has 30 heavy (non-hydrogen) atoms. The second-order valence-corrected chi connectivity index (χ2v) is 7.23. The number of ether oxygens (including phenoxy) is 2. The molecule has 1 atom stereocenters. The third kappa shape index (κ3) is 5.66. The van der Waals surface area contributed by atoms with Crippen molar-refractivity contribution >= 4 is 5.91 Å². The maximum absolute atomic E-state index is 12.7. The first-order valence-corrected chi connectivity index (χ1v) is 9.74. The van der Waals surface area contributed by atoms with E-state index in [9.17, 15) is 18.0 Å². The maximum atomic E-state index is 12.7. The molecule has 2 aromatic rings. The van der Waals surface area contributed by atoms with E-state index < -0.39 is 17.8 Å². The molecule has 0 N–H and O–H groups in total. The number of amides is 1. The van der Waals surface area contributed by atoms with E-state index in [0.717, 1.165) is 17.7 Å². The molecule has 0 saturated carbocycles. The van der Waals surface area contributed by atoms with Crippen LogP contribution in [0.1, 0.15) is 18.1 Å². The number of halogens is 3. The van der Waals surface area contributed by atoms with Gasteiger partial charge in [0.15, 0.2) is 6.10 Å². The van der Waals surface area contributed by atoms with Gasteiger partial charge in [-0.15, -0.1) is 0 Å². The molecule has 0 bridgehead atoms. The second-order valence-electron chi connectivity index (χ2n) is 7.23. The first-order chi connectivity index (χ1) is 14.3. The molecule has 0 radical (unpaired) electrons. The topological polar surface area (TPSA) is 42.0 Å². The van der Waals surface area contributed by atoms with E-state index in [0.29, 0.717) is 44.2 Å². The molecule has 1 aliphatic heterocycles. The van der Waals surface area contributed by atoms with Gasteiger partial charge in [0.2, 0.25) is 0 Å². The second kappa shape index (κ2) is 9.38. The van der Waals surface area contributed by atoms with Crippen molar-refractivity contribution in [3.63, 3.8) is 0 Å². The molecule has 1 fully saturated rings. The average Bonchev–Trinajstić information content (AvgIpc) is 2.74. The maximum Gasteiger partial charge on any atom is 0.416 e. The number of benzene rings is 2. The fourth-order valence-corrected chi connectivity index (χ4v) is 3.35. The molecule has 0 aliphatic carbocycles. The van der Waals surface area contributed by atoms with Crippen LogP contribution in [-0.4, -0.2) is 55.1 Å². The van der Waals surface area contributed by atoms with Crippen LogP contribution in [0.15, 0.2) is 48.5 Å². The van der Waals surface area contributed by atoms with Gasteiger partial charge in [0.1, 0.15) is 11.5 Å². The zero-order valence-corrected chi connectivity index (χ0v) is 17.0. The Labute approximate surface area is 174 Å². The summed E-state index contributed by atoms with van der Waals surface area (Å²) in [5.41, 5.74) is 0.173. The lowest BCUT2D eigenvalue weighted by Gasteiger charge is -2.36. The van der Waals surface area contributed by atoms with E-state index >= 15 is 0 Å². The third-order valence-electron chi connectivity index (χ3n) is 5.09. The Bertz CT molecular complexity index is 830. The number of piperazine rings is 1. The Balaban J connectivity index is 1.47. The molecule has 8 heteroatoms. The minimum Gasteiger partial charge on any atom is -0.497 e. The third-order valence-corrected chi connectivity index (χ3v) is 5.09. The van der Waals surface area contributed by atoms with Crippen LogP contribution < -0.4 is 9.47 Å². The van der Waals surface area contributed by atoms with E-state index in [2.05, 4.69) is 4.90 Å². The highest BCUT2D eigenvalue weighted by molar-refractivity contribution is 5.81. The normalized spacial score (nSPS) is 16.2. The summed E-state index contributed by atoms with van der Waals surface area (Å²) in [6.45, 7) is 4.69. The molecule has 162 valence electrons. The first kappa shape index (κ1) is 22.0. The van der Waals surface area contributed by atoms with Crippen LogP contribution in [0, 0.1) is 0 Å². The SMILES string of the molecule is COc1ccc(OC(C)C(=O)N2CCN(Cc3ccc(C(F)(F)F)cc3)CC2)cc1. The molecule has 0 aromatic heterocycles. The minimum absolute atomic E-state index is 0.0833. The molecule has 1 amide bonds. The van der Waals surface area contributed by atoms with Crippen LogP contribution in [0.4, 0.5) is 13.2 Å². The molecule has 0 spiro atoms. The van der Waals surface area contributed by atoms with Gasteiger partial charge in [-0.3, -0.25) is 9.69 Å². The predicted molar refractivity (Wildman–Crippen MR) is 106 cm³/mol. The zero-order valence-electron chi connectivity index (χ0n) is 17.0. The highest BCUT2D eigenvalue weighted by Crippen LogP contribution is 2.29. The smallest absolute Gasteiger partial charge is 0.416 e. The van der Waals surface area contributed by atoms with Gasteiger partial charge in [-0.2, -0.15) is 13.2 Å². The van der Waals surface area contributed by atoms with Gasteiger partial charge in [-0.1, -0.05) is 12.1 Å². The van der Waals surface area contributed by atoms with E-state index in [4.69, 9.17) is 9.47 Å². The summed E-state index contributed by atoms with van der Waals surface area (Å²) >= 11 is 0. The molecule has 1 heterocycles. The standard InChI is InChI=1S/C22H25F3N2O3/c1-16(30-20-9-7-19(29-2)8-10-20)21(28)27-13-11-26(12-14-27)15-17-3-5-18(6-4-17)22(23,24)25/h3-10,16H,11-15H2,1-2H3. The van der Waals surface area contributed by atoms with Crippen molar-refractivity contribution in [2.45, 2.75) is 25.7 Å². The van der Waals surface area contributed by atoms with Crippen molar-refractivity contribution in [1.29, 1.82) is 0 Å². The highest BCUT2D eigenvalue weighted by Gasteiger charge is 2.30. The molecule has 1 aliphatic rings. The summed E-state index contributed by atoms with van der Waals surface area (Å²) in [5, 5.41) is 0. The van der Waals surface area contributed by atoms with Gasteiger partial charge in [0.25, 0.3) is 5.91 Å². The molecule has 5 nitrogen and oxygen atoms in total. The van der Waals surface area contributed by atoms with Gasteiger partial charge < -0.3 is 14.4 Å². The minimum atomic E-state index is -4.32. The number of nitrogens with zero attached hydrogens (tertiary/aromatic N) is 2. The number of alkyl halides is 3. The van der Waals surface area contributed by atoms with Crippen LogP contribution in [0.5, 0.6) is 11.5 Å². The van der Waals surface area contributed by atoms with Crippen molar-refractivity contribution in [1.82, 2.24) is 9.80 Å². The van der Waals surface area contributed by atoms with Crippen LogP contribution in [0.3, 0.4) is 0 Å². The molecular weight excluding hydrogens is 397 g/mol. The van der Waals surface area contributed by atoms with E-state index in [-0.39, 0.29) is 5.91 Å². The molecular formula is C22H25F3N2O3. The number of hydrogen-bond acceptors (Lipinski definition) is 4. The van der Waals surface area contributed by atoms with E-state index in [1.807, 2.05) is 0 Å². The average molecular weight is 422 g/mol. The lowest BCUT2D eigenvalue weighted by atomic mass is 10.1. The highest BCUT2D eigenvalue weighted by atomic mass is 19.4. The van der Waals surface area contributed by atoms with Crippen LogP contribution in [0.2, 0.25) is 0 Å². The lowest BCUT2D eigenvalue weighted by Crippen LogP contribution is -2.51. The Hall–Kier alpha value is -2.74. The van der Waals surface area contributed by atoms with Crippen molar-refractivity contribution in [3.05, 3.63) is 59.7 Å². The number of rotatable bonds is 6. The molecule has 1 unspecified atom stereocenters. The lowest BCUT2D eigenvalue weighted by molar-refractivity contribution is -0.139. The summed E-state index contributed by atoms with van der Waals surface area (Å²) in [4.78, 5) is 16.6. The van der Waals surface area contributed by atoms with Gasteiger partial charge in [-0.05, 0) is 48.9 Å². The summed E-state index contributed by atoms with van der Waals surface area (Å²) in [7, 11) is 1.58. The fourth-order valence-electron chi connectivity index (χ4n) is 3.35.